The Balaban J connectivity index is 1.31. The third-order valence-corrected chi connectivity index (χ3v) is 6.21. The van der Waals surface area contributed by atoms with Gasteiger partial charge in [0, 0.05) is 36.1 Å². The van der Waals surface area contributed by atoms with Gasteiger partial charge in [-0.2, -0.15) is 5.10 Å². The molecule has 3 heterocycles. The minimum absolute atomic E-state index is 0.0134. The van der Waals surface area contributed by atoms with Crippen LogP contribution in [-0.4, -0.2) is 33.8 Å². The normalized spacial score (nSPS) is 18.7. The second-order valence-electron chi connectivity index (χ2n) is 8.16. The summed E-state index contributed by atoms with van der Waals surface area (Å²) >= 11 is 0. The van der Waals surface area contributed by atoms with Crippen molar-refractivity contribution in [1.29, 1.82) is 0 Å². The summed E-state index contributed by atoms with van der Waals surface area (Å²) in [5.74, 6) is 0.794. The molecule has 1 aromatic carbocycles. The lowest BCUT2D eigenvalue weighted by Gasteiger charge is -2.29. The maximum Gasteiger partial charge on any atom is 0.251 e. The molecule has 1 atom stereocenters. The van der Waals surface area contributed by atoms with E-state index in [4.69, 9.17) is 0 Å². The molecule has 3 aromatic rings. The van der Waals surface area contributed by atoms with Crippen LogP contribution in [0.5, 0.6) is 0 Å². The van der Waals surface area contributed by atoms with Crippen LogP contribution in [-0.2, 0) is 6.42 Å². The Morgan fingerprint density at radius 3 is 2.60 bits per heavy atom. The van der Waals surface area contributed by atoms with Gasteiger partial charge in [-0.05, 0) is 74.9 Å². The smallest absolute Gasteiger partial charge is 0.251 e. The Morgan fingerprint density at radius 1 is 1.00 bits per heavy atom. The molecule has 1 aliphatic carbocycles. The van der Waals surface area contributed by atoms with Gasteiger partial charge < -0.3 is 10.2 Å². The van der Waals surface area contributed by atoms with E-state index in [1.807, 2.05) is 41.2 Å². The number of fused-ring (bicyclic) bond motifs is 1. The molecule has 6 nitrogen and oxygen atoms in total. The van der Waals surface area contributed by atoms with Gasteiger partial charge in [0.05, 0.1) is 17.9 Å². The van der Waals surface area contributed by atoms with Gasteiger partial charge in [-0.25, -0.2) is 9.67 Å². The van der Waals surface area contributed by atoms with Crippen molar-refractivity contribution in [3.8, 4) is 5.82 Å². The molecule has 0 saturated carbocycles. The Labute approximate surface area is 176 Å². The van der Waals surface area contributed by atoms with Gasteiger partial charge in [0.2, 0.25) is 0 Å². The van der Waals surface area contributed by atoms with Crippen LogP contribution in [0.25, 0.3) is 5.82 Å². The third kappa shape index (κ3) is 3.70. The molecule has 2 aliphatic rings. The van der Waals surface area contributed by atoms with Crippen LogP contribution in [0.3, 0.4) is 0 Å². The maximum absolute atomic E-state index is 12.9. The van der Waals surface area contributed by atoms with Crippen LogP contribution in [0.2, 0.25) is 0 Å². The number of carbonyl (C=O) groups is 1. The molecule has 5 rings (SSSR count). The lowest BCUT2D eigenvalue weighted by molar-refractivity contribution is 0.0932. The summed E-state index contributed by atoms with van der Waals surface area (Å²) in [6, 6.07) is 13.9. The maximum atomic E-state index is 12.9. The molecule has 154 valence electrons. The lowest BCUT2D eigenvalue weighted by Crippen LogP contribution is -2.31. The molecule has 6 heteroatoms. The highest BCUT2D eigenvalue weighted by atomic mass is 16.1. The first kappa shape index (κ1) is 18.9. The van der Waals surface area contributed by atoms with E-state index in [1.54, 1.807) is 6.20 Å². The summed E-state index contributed by atoms with van der Waals surface area (Å²) in [7, 11) is 0. The number of piperidine rings is 1. The summed E-state index contributed by atoms with van der Waals surface area (Å²) in [5, 5.41) is 7.79. The molecule has 30 heavy (non-hydrogen) atoms. The average Bonchev–Trinajstić information content (AvgIpc) is 3.26. The molecule has 1 amide bonds. The number of nitrogens with one attached hydrogen (secondary N) is 1. The van der Waals surface area contributed by atoms with E-state index in [0.717, 1.165) is 49.4 Å². The number of hydrogen-bond donors (Lipinski definition) is 1. The number of anilines is 1. The van der Waals surface area contributed by atoms with Gasteiger partial charge in [0.1, 0.15) is 0 Å². The van der Waals surface area contributed by atoms with Gasteiger partial charge in [0.15, 0.2) is 5.82 Å². The van der Waals surface area contributed by atoms with Gasteiger partial charge in [-0.15, -0.1) is 0 Å². The number of rotatable bonds is 4. The first-order valence-electron chi connectivity index (χ1n) is 10.9. The third-order valence-electron chi connectivity index (χ3n) is 6.21. The first-order valence-corrected chi connectivity index (χ1v) is 10.9. The Kier molecular flexibility index (Phi) is 5.22. The largest absolute Gasteiger partial charge is 0.372 e. The second-order valence-corrected chi connectivity index (χ2v) is 8.16. The van der Waals surface area contributed by atoms with E-state index in [0.29, 0.717) is 5.56 Å². The van der Waals surface area contributed by atoms with Gasteiger partial charge in [-0.1, -0.05) is 6.07 Å². The summed E-state index contributed by atoms with van der Waals surface area (Å²) in [4.78, 5) is 19.7. The topological polar surface area (TPSA) is 63.1 Å². The molecule has 1 unspecified atom stereocenters. The molecule has 1 saturated heterocycles. The molecular weight excluding hydrogens is 374 g/mol. The Bertz CT molecular complexity index is 1010. The fraction of sp³-hybridized carbons (Fsp3) is 0.375. The van der Waals surface area contributed by atoms with Crippen molar-refractivity contribution in [1.82, 2.24) is 20.1 Å². The van der Waals surface area contributed by atoms with Crippen molar-refractivity contribution in [3.63, 3.8) is 0 Å². The first-order chi connectivity index (χ1) is 14.8. The number of nitrogens with zero attached hydrogens (tertiary/aromatic N) is 4. The minimum Gasteiger partial charge on any atom is -0.372 e. The van der Waals surface area contributed by atoms with Gasteiger partial charge in [-0.3, -0.25) is 4.79 Å². The predicted octanol–water partition coefficient (Wildman–Crippen LogP) is 4.07. The quantitative estimate of drug-likeness (QED) is 0.716. The van der Waals surface area contributed by atoms with E-state index in [-0.39, 0.29) is 11.9 Å². The van der Waals surface area contributed by atoms with E-state index in [2.05, 4.69) is 32.4 Å². The summed E-state index contributed by atoms with van der Waals surface area (Å²) in [6.07, 6.45) is 10.4. The van der Waals surface area contributed by atoms with Gasteiger partial charge >= 0.3 is 0 Å². The molecule has 0 spiro atoms. The minimum atomic E-state index is -0.0244. The number of carbonyl (C=O) groups excluding carboxylic acids is 1. The van der Waals surface area contributed by atoms with Crippen LogP contribution < -0.4 is 10.2 Å². The SMILES string of the molecule is O=C(NC1CCCc2c1cnn2-c1ccccn1)c1ccc(N2CCCCC2)cc1. The van der Waals surface area contributed by atoms with Crippen LogP contribution in [0, 0.1) is 0 Å². The summed E-state index contributed by atoms with van der Waals surface area (Å²) < 4.78 is 1.90. The summed E-state index contributed by atoms with van der Waals surface area (Å²) in [5.41, 5.74) is 4.17. The zero-order valence-electron chi connectivity index (χ0n) is 17.1. The zero-order valence-corrected chi connectivity index (χ0v) is 17.1. The molecule has 0 bridgehead atoms. The van der Waals surface area contributed by atoms with Crippen LogP contribution in [0.1, 0.15) is 59.8 Å². The number of pyridine rings is 1. The highest BCUT2D eigenvalue weighted by molar-refractivity contribution is 5.94. The van der Waals surface area contributed by atoms with Crippen molar-refractivity contribution in [2.75, 3.05) is 18.0 Å². The van der Waals surface area contributed by atoms with E-state index >= 15 is 0 Å². The predicted molar refractivity (Wildman–Crippen MR) is 117 cm³/mol. The zero-order chi connectivity index (χ0) is 20.3. The van der Waals surface area contributed by atoms with E-state index in [9.17, 15) is 4.79 Å². The Hall–Kier alpha value is -3.15. The van der Waals surface area contributed by atoms with Crippen molar-refractivity contribution in [2.45, 2.75) is 44.6 Å². The molecular formula is C24H27N5O. The molecule has 1 fully saturated rings. The van der Waals surface area contributed by atoms with Gasteiger partial charge in [0.25, 0.3) is 5.91 Å². The summed E-state index contributed by atoms with van der Waals surface area (Å²) in [6.45, 7) is 2.22. The number of amides is 1. The van der Waals surface area contributed by atoms with Crippen molar-refractivity contribution in [3.05, 3.63) is 71.7 Å². The highest BCUT2D eigenvalue weighted by Crippen LogP contribution is 2.31. The number of aromatic nitrogens is 3. The van der Waals surface area contributed by atoms with Crippen LogP contribution >= 0.6 is 0 Å². The number of benzene rings is 1. The van der Waals surface area contributed by atoms with Crippen LogP contribution in [0.15, 0.2) is 54.9 Å². The van der Waals surface area contributed by atoms with Crippen LogP contribution in [0.4, 0.5) is 5.69 Å². The fourth-order valence-corrected chi connectivity index (χ4v) is 4.60. The molecule has 1 N–H and O–H groups in total. The lowest BCUT2D eigenvalue weighted by atomic mass is 9.92. The Morgan fingerprint density at radius 2 is 1.83 bits per heavy atom. The molecule has 1 aliphatic heterocycles. The molecule has 0 radical (unpaired) electrons. The number of hydrogen-bond acceptors (Lipinski definition) is 4. The fourth-order valence-electron chi connectivity index (χ4n) is 4.60. The average molecular weight is 402 g/mol. The van der Waals surface area contributed by atoms with E-state index < -0.39 is 0 Å². The second kappa shape index (κ2) is 8.30. The standard InChI is InChI=1S/C24H27N5O/c30-24(18-10-12-19(13-11-18)28-15-4-1-5-16-28)27-21-7-6-8-22-20(21)17-26-29(22)23-9-2-3-14-25-23/h2-3,9-14,17,21H,1,4-8,15-16H2,(H,27,30). The molecule has 2 aromatic heterocycles. The van der Waals surface area contributed by atoms with E-state index in [1.165, 1.54) is 24.9 Å². The van der Waals surface area contributed by atoms with Crippen molar-refractivity contribution in [2.24, 2.45) is 0 Å². The van der Waals surface area contributed by atoms with Crippen molar-refractivity contribution >= 4 is 11.6 Å². The monoisotopic (exact) mass is 401 g/mol. The highest BCUT2D eigenvalue weighted by Gasteiger charge is 2.26. The van der Waals surface area contributed by atoms with Crippen molar-refractivity contribution < 1.29 is 4.79 Å².